The molecule has 0 aromatic heterocycles. The Bertz CT molecular complexity index is 174. The van der Waals surface area contributed by atoms with Crippen molar-refractivity contribution in [3.8, 4) is 0 Å². The zero-order chi connectivity index (χ0) is 6.85. The van der Waals surface area contributed by atoms with Gasteiger partial charge in [0.2, 0.25) is 0 Å². The van der Waals surface area contributed by atoms with Crippen LogP contribution in [0.3, 0.4) is 0 Å². The van der Waals surface area contributed by atoms with Gasteiger partial charge in [-0.15, -0.1) is 0 Å². The van der Waals surface area contributed by atoms with Gasteiger partial charge in [-0.3, -0.25) is 0 Å². The molecule has 3 heteroatoms. The molecule has 0 saturated heterocycles. The van der Waals surface area contributed by atoms with Crippen molar-refractivity contribution in [2.45, 2.75) is 6.92 Å². The largest absolute Gasteiger partial charge is 0.758 e. The number of hydrogen-bond donors (Lipinski definition) is 0. The first-order valence-corrected chi connectivity index (χ1v) is 3.47. The van der Waals surface area contributed by atoms with Crippen molar-refractivity contribution < 1.29 is 0 Å². The van der Waals surface area contributed by atoms with Crippen LogP contribution in [0.1, 0.15) is 6.92 Å². The molecule has 0 aliphatic carbocycles. The molecule has 0 bridgehead atoms. The molecule has 2 nitrogen and oxygen atoms in total. The molecule has 1 aliphatic heterocycles. The average molecular weight is 189 g/mol. The topological polar surface area (TPSA) is 26.3 Å². The minimum atomic E-state index is 0.447. The maximum absolute atomic E-state index is 10.8. The number of hydroxylamine groups is 2. The second-order valence-electron chi connectivity index (χ2n) is 1.96. The summed E-state index contributed by atoms with van der Waals surface area (Å²) in [7, 11) is 0. The Morgan fingerprint density at radius 2 is 2.33 bits per heavy atom. The summed E-state index contributed by atoms with van der Waals surface area (Å²) in [5.41, 5.74) is 0.762. The zero-order valence-corrected chi connectivity index (χ0v) is 6.68. The molecular weight excluding hydrogens is 182 g/mol. The molecule has 1 aliphatic rings. The lowest BCUT2D eigenvalue weighted by molar-refractivity contribution is 0.512. The Hall–Kier alpha value is -0.280. The van der Waals surface area contributed by atoms with Crippen LogP contribution in [-0.4, -0.2) is 11.6 Å². The molecule has 0 spiro atoms. The maximum atomic E-state index is 10.8. The highest BCUT2D eigenvalue weighted by molar-refractivity contribution is 9.11. The highest BCUT2D eigenvalue weighted by Gasteiger charge is 1.99. The van der Waals surface area contributed by atoms with Gasteiger partial charge in [0, 0.05) is 11.0 Å². The number of nitrogens with zero attached hydrogens (tertiary/aromatic N) is 1. The van der Waals surface area contributed by atoms with Crippen LogP contribution in [0.5, 0.6) is 0 Å². The Kier molecular flexibility index (Phi) is 1.93. The van der Waals surface area contributed by atoms with E-state index in [1.165, 1.54) is 0 Å². The summed E-state index contributed by atoms with van der Waals surface area (Å²) in [6, 6.07) is 0. The van der Waals surface area contributed by atoms with Gasteiger partial charge in [-0.2, -0.15) is 0 Å². The van der Waals surface area contributed by atoms with Gasteiger partial charge in [0.1, 0.15) is 0 Å². The van der Waals surface area contributed by atoms with E-state index in [4.69, 9.17) is 0 Å². The second kappa shape index (κ2) is 2.54. The Morgan fingerprint density at radius 1 is 1.67 bits per heavy atom. The Balaban J connectivity index is 2.74. The Morgan fingerprint density at radius 3 is 2.78 bits per heavy atom. The first kappa shape index (κ1) is 6.83. The van der Waals surface area contributed by atoms with E-state index >= 15 is 0 Å². The Labute approximate surface area is 62.6 Å². The van der Waals surface area contributed by atoms with Gasteiger partial charge in [-0.05, 0) is 24.8 Å². The number of halogens is 1. The fraction of sp³-hybridized carbons (Fsp3) is 0.333. The summed E-state index contributed by atoms with van der Waals surface area (Å²) in [4.78, 5) is 0. The highest BCUT2D eigenvalue weighted by Crippen LogP contribution is 2.16. The van der Waals surface area contributed by atoms with Crippen molar-refractivity contribution in [2.24, 2.45) is 0 Å². The highest BCUT2D eigenvalue weighted by atomic mass is 79.9. The number of rotatable bonds is 0. The quantitative estimate of drug-likeness (QED) is 0.582. The third-order valence-corrected chi connectivity index (χ3v) is 1.71. The standard InChI is InChI=1S/C6H7BrNO/c1-5-2-3-6(7)4-8(5)9/h2-3H,4H2,1H3/q-1. The van der Waals surface area contributed by atoms with Gasteiger partial charge < -0.3 is 10.3 Å². The first-order valence-electron chi connectivity index (χ1n) is 2.68. The molecule has 0 unspecified atom stereocenters. The molecule has 9 heavy (non-hydrogen) atoms. The molecule has 0 fully saturated rings. The third kappa shape index (κ3) is 1.56. The second-order valence-corrected chi connectivity index (χ2v) is 2.98. The molecule has 0 atom stereocenters. The van der Waals surface area contributed by atoms with Crippen molar-refractivity contribution in [1.29, 1.82) is 0 Å². The molecule has 1 rings (SSSR count). The van der Waals surface area contributed by atoms with Gasteiger partial charge in [0.05, 0.1) is 0 Å². The van der Waals surface area contributed by atoms with Gasteiger partial charge in [0.15, 0.2) is 0 Å². The van der Waals surface area contributed by atoms with Gasteiger partial charge in [-0.1, -0.05) is 15.9 Å². The van der Waals surface area contributed by atoms with Crippen LogP contribution in [0, 0.1) is 5.21 Å². The number of hydrogen-bond acceptors (Lipinski definition) is 2. The lowest BCUT2D eigenvalue weighted by Gasteiger charge is -2.33. The van der Waals surface area contributed by atoms with E-state index in [0.717, 1.165) is 15.2 Å². The molecule has 50 valence electrons. The summed E-state index contributed by atoms with van der Waals surface area (Å²) in [5, 5.41) is 11.7. The average Bonchev–Trinajstić information content (AvgIpc) is 1.80. The third-order valence-electron chi connectivity index (χ3n) is 1.19. The van der Waals surface area contributed by atoms with E-state index < -0.39 is 0 Å². The number of allylic oxidation sites excluding steroid dienone is 3. The monoisotopic (exact) mass is 188 g/mol. The van der Waals surface area contributed by atoms with Gasteiger partial charge >= 0.3 is 0 Å². The molecule has 0 aromatic rings. The fourth-order valence-corrected chi connectivity index (χ4v) is 0.969. The summed E-state index contributed by atoms with van der Waals surface area (Å²) < 4.78 is 0.933. The van der Waals surface area contributed by atoms with Crippen LogP contribution in [-0.2, 0) is 0 Å². The minimum absolute atomic E-state index is 0.447. The molecule has 0 saturated carbocycles. The van der Waals surface area contributed by atoms with Crippen LogP contribution in [0.4, 0.5) is 0 Å². The van der Waals surface area contributed by atoms with E-state index in [9.17, 15) is 5.21 Å². The van der Waals surface area contributed by atoms with E-state index in [2.05, 4.69) is 15.9 Å². The predicted octanol–water partition coefficient (Wildman–Crippen LogP) is 1.98. The normalized spacial score (nSPS) is 19.2. The lowest BCUT2D eigenvalue weighted by Crippen LogP contribution is -2.17. The maximum Gasteiger partial charge on any atom is 0.0380 e. The van der Waals surface area contributed by atoms with E-state index in [-0.39, 0.29) is 0 Å². The van der Waals surface area contributed by atoms with Crippen LogP contribution < -0.4 is 0 Å². The van der Waals surface area contributed by atoms with Crippen molar-refractivity contribution >= 4 is 15.9 Å². The summed E-state index contributed by atoms with van der Waals surface area (Å²) >= 11 is 3.23. The van der Waals surface area contributed by atoms with Gasteiger partial charge in [-0.25, -0.2) is 0 Å². The molecule has 0 N–H and O–H groups in total. The molecule has 0 aromatic carbocycles. The first-order chi connectivity index (χ1) is 4.20. The van der Waals surface area contributed by atoms with E-state index in [1.807, 2.05) is 6.08 Å². The van der Waals surface area contributed by atoms with Crippen molar-refractivity contribution in [3.63, 3.8) is 0 Å². The smallest absolute Gasteiger partial charge is 0.0380 e. The van der Waals surface area contributed by atoms with Crippen LogP contribution in [0.15, 0.2) is 22.3 Å². The summed E-state index contributed by atoms with van der Waals surface area (Å²) in [6.45, 7) is 2.24. The van der Waals surface area contributed by atoms with E-state index in [1.54, 1.807) is 13.0 Å². The SMILES string of the molecule is CC1=CC=C(Br)CN1[O-]. The van der Waals surface area contributed by atoms with Crippen molar-refractivity contribution in [3.05, 3.63) is 27.5 Å². The van der Waals surface area contributed by atoms with Crippen molar-refractivity contribution in [1.82, 2.24) is 5.06 Å². The van der Waals surface area contributed by atoms with Gasteiger partial charge in [0.25, 0.3) is 0 Å². The lowest BCUT2D eigenvalue weighted by atomic mass is 10.3. The molecule has 1 heterocycles. The van der Waals surface area contributed by atoms with Crippen LogP contribution >= 0.6 is 15.9 Å². The minimum Gasteiger partial charge on any atom is -0.758 e. The summed E-state index contributed by atoms with van der Waals surface area (Å²) in [6.07, 6.45) is 3.68. The fourth-order valence-electron chi connectivity index (χ4n) is 0.609. The molecule has 0 amide bonds. The van der Waals surface area contributed by atoms with Crippen LogP contribution in [0.2, 0.25) is 0 Å². The summed E-state index contributed by atoms with van der Waals surface area (Å²) in [5.74, 6) is 0. The predicted molar refractivity (Wildman–Crippen MR) is 40.8 cm³/mol. The molecule has 0 radical (unpaired) electrons. The van der Waals surface area contributed by atoms with E-state index in [0.29, 0.717) is 6.54 Å². The molecular formula is C6H7BrNO-. The van der Waals surface area contributed by atoms with Crippen molar-refractivity contribution in [2.75, 3.05) is 6.54 Å². The van der Waals surface area contributed by atoms with Crippen LogP contribution in [0.25, 0.3) is 0 Å². The zero-order valence-electron chi connectivity index (χ0n) is 5.10.